The molecule has 0 saturated carbocycles. The zero-order chi connectivity index (χ0) is 22.2. The summed E-state index contributed by atoms with van der Waals surface area (Å²) < 4.78 is 58.7. The van der Waals surface area contributed by atoms with Gasteiger partial charge in [-0.25, -0.2) is 8.42 Å². The van der Waals surface area contributed by atoms with Crippen LogP contribution in [0.1, 0.15) is 23.8 Å². The number of hydrazone groups is 1. The minimum absolute atomic E-state index is 0.0472. The Morgan fingerprint density at radius 1 is 1.06 bits per heavy atom. The fourth-order valence-corrected chi connectivity index (χ4v) is 5.37. The molecular formula is C20H18ClN3O5S2. The highest BCUT2D eigenvalue weighted by Crippen LogP contribution is 2.37. The van der Waals surface area contributed by atoms with Crippen LogP contribution in [-0.2, 0) is 20.0 Å². The number of furan rings is 1. The molecule has 2 heterocycles. The molecule has 1 atom stereocenters. The summed E-state index contributed by atoms with van der Waals surface area (Å²) in [5.74, 6) is 0.446. The Balaban J connectivity index is 1.76. The number of hydrogen-bond donors (Lipinski definition) is 1. The Hall–Kier alpha value is -2.82. The standard InChI is InChI=1S/C20H18ClN3O5S2/c1-30(25,26)23-16-5-2-4-14(12-16)18-13-19(20-6-3-11-29-20)24(22-18)31(27,28)17-9-7-15(21)8-10-17/h2-12,19,23H,13H2,1H3. The van der Waals surface area contributed by atoms with Crippen LogP contribution in [0.5, 0.6) is 0 Å². The molecule has 1 aromatic heterocycles. The van der Waals surface area contributed by atoms with Crippen molar-refractivity contribution in [3.8, 4) is 0 Å². The molecule has 1 aliphatic rings. The van der Waals surface area contributed by atoms with Gasteiger partial charge < -0.3 is 4.42 Å². The van der Waals surface area contributed by atoms with Gasteiger partial charge in [-0.2, -0.15) is 17.9 Å². The Bertz CT molecular complexity index is 1340. The van der Waals surface area contributed by atoms with E-state index in [1.54, 1.807) is 36.4 Å². The highest BCUT2D eigenvalue weighted by atomic mass is 35.5. The van der Waals surface area contributed by atoms with E-state index in [1.807, 2.05) is 0 Å². The van der Waals surface area contributed by atoms with Gasteiger partial charge in [0.15, 0.2) is 0 Å². The summed E-state index contributed by atoms with van der Waals surface area (Å²) in [5.41, 5.74) is 1.44. The van der Waals surface area contributed by atoms with Crippen LogP contribution in [0.2, 0.25) is 5.02 Å². The Morgan fingerprint density at radius 2 is 1.81 bits per heavy atom. The number of rotatable bonds is 6. The molecule has 0 radical (unpaired) electrons. The first-order valence-electron chi connectivity index (χ1n) is 9.12. The normalized spacial score (nSPS) is 16.9. The van der Waals surface area contributed by atoms with Crippen LogP contribution < -0.4 is 4.72 Å². The molecule has 4 rings (SSSR count). The number of nitrogens with zero attached hydrogens (tertiary/aromatic N) is 2. The summed E-state index contributed by atoms with van der Waals surface area (Å²) in [6.07, 6.45) is 2.78. The minimum Gasteiger partial charge on any atom is -0.467 e. The molecule has 11 heteroatoms. The molecule has 31 heavy (non-hydrogen) atoms. The van der Waals surface area contributed by atoms with Crippen LogP contribution >= 0.6 is 11.6 Å². The van der Waals surface area contributed by atoms with Crippen LogP contribution in [0.25, 0.3) is 0 Å². The van der Waals surface area contributed by atoms with Crippen molar-refractivity contribution < 1.29 is 21.3 Å². The molecule has 0 bridgehead atoms. The van der Waals surface area contributed by atoms with Crippen molar-refractivity contribution in [2.75, 3.05) is 11.0 Å². The molecular weight excluding hydrogens is 462 g/mol. The van der Waals surface area contributed by atoms with Crippen molar-refractivity contribution in [3.05, 3.63) is 83.3 Å². The van der Waals surface area contributed by atoms with Gasteiger partial charge in [-0.1, -0.05) is 23.7 Å². The molecule has 1 N–H and O–H groups in total. The maximum Gasteiger partial charge on any atom is 0.279 e. The first-order valence-corrected chi connectivity index (χ1v) is 12.8. The predicted octanol–water partition coefficient (Wildman–Crippen LogP) is 3.84. The number of hydrogen-bond acceptors (Lipinski definition) is 6. The summed E-state index contributed by atoms with van der Waals surface area (Å²) in [6, 6.07) is 15.1. The van der Waals surface area contributed by atoms with Crippen molar-refractivity contribution in [2.24, 2.45) is 5.10 Å². The monoisotopic (exact) mass is 479 g/mol. The van der Waals surface area contributed by atoms with Gasteiger partial charge in [0.25, 0.3) is 10.0 Å². The van der Waals surface area contributed by atoms with E-state index in [0.29, 0.717) is 27.7 Å². The van der Waals surface area contributed by atoms with Gasteiger partial charge >= 0.3 is 0 Å². The highest BCUT2D eigenvalue weighted by Gasteiger charge is 2.39. The van der Waals surface area contributed by atoms with Crippen LogP contribution in [0.15, 0.2) is 81.3 Å². The molecule has 1 aliphatic heterocycles. The molecule has 2 aromatic carbocycles. The number of nitrogens with one attached hydrogen (secondary N) is 1. The third-order valence-electron chi connectivity index (χ3n) is 4.60. The largest absolute Gasteiger partial charge is 0.467 e. The van der Waals surface area contributed by atoms with Gasteiger partial charge in [0.1, 0.15) is 11.8 Å². The molecule has 0 saturated heterocycles. The lowest BCUT2D eigenvalue weighted by Gasteiger charge is -2.21. The molecule has 0 fully saturated rings. The van der Waals surface area contributed by atoms with Gasteiger partial charge in [0.2, 0.25) is 10.0 Å². The van der Waals surface area contributed by atoms with Gasteiger partial charge in [0, 0.05) is 17.1 Å². The predicted molar refractivity (Wildman–Crippen MR) is 118 cm³/mol. The number of benzene rings is 2. The number of sulfonamides is 2. The summed E-state index contributed by atoms with van der Waals surface area (Å²) >= 11 is 5.90. The van der Waals surface area contributed by atoms with E-state index in [9.17, 15) is 16.8 Å². The molecule has 0 aliphatic carbocycles. The molecule has 8 nitrogen and oxygen atoms in total. The van der Waals surface area contributed by atoms with Crippen LogP contribution in [-0.4, -0.2) is 33.2 Å². The van der Waals surface area contributed by atoms with Gasteiger partial charge in [-0.15, -0.1) is 0 Å². The van der Waals surface area contributed by atoms with Crippen molar-refractivity contribution >= 4 is 43.0 Å². The van der Waals surface area contributed by atoms with Crippen LogP contribution in [0, 0.1) is 0 Å². The third-order valence-corrected chi connectivity index (χ3v) is 7.16. The van der Waals surface area contributed by atoms with Crippen LogP contribution in [0.3, 0.4) is 0 Å². The lowest BCUT2D eigenvalue weighted by Crippen LogP contribution is -2.27. The summed E-state index contributed by atoms with van der Waals surface area (Å²) in [5, 5.41) is 4.81. The third kappa shape index (κ3) is 4.60. The Morgan fingerprint density at radius 3 is 2.45 bits per heavy atom. The van der Waals surface area contributed by atoms with Crippen molar-refractivity contribution in [1.82, 2.24) is 4.41 Å². The molecule has 0 amide bonds. The summed E-state index contributed by atoms with van der Waals surface area (Å²) in [7, 11) is -7.45. The Kier molecular flexibility index (Phi) is 5.54. The molecule has 3 aromatic rings. The van der Waals surface area contributed by atoms with E-state index in [4.69, 9.17) is 16.0 Å². The van der Waals surface area contributed by atoms with E-state index < -0.39 is 26.1 Å². The first-order chi connectivity index (χ1) is 14.6. The second kappa shape index (κ2) is 8.03. The van der Waals surface area contributed by atoms with Gasteiger partial charge in [-0.05, 0) is 54.1 Å². The van der Waals surface area contributed by atoms with Crippen molar-refractivity contribution in [1.29, 1.82) is 0 Å². The topological polar surface area (TPSA) is 109 Å². The van der Waals surface area contributed by atoms with Crippen molar-refractivity contribution in [2.45, 2.75) is 17.4 Å². The highest BCUT2D eigenvalue weighted by molar-refractivity contribution is 7.92. The zero-order valence-corrected chi connectivity index (χ0v) is 18.7. The lowest BCUT2D eigenvalue weighted by atomic mass is 10.0. The fourth-order valence-electron chi connectivity index (χ4n) is 3.27. The molecule has 1 unspecified atom stereocenters. The maximum absolute atomic E-state index is 13.3. The van der Waals surface area contributed by atoms with E-state index >= 15 is 0 Å². The minimum atomic E-state index is -3.99. The maximum atomic E-state index is 13.3. The zero-order valence-electron chi connectivity index (χ0n) is 16.3. The molecule has 162 valence electrons. The van der Waals surface area contributed by atoms with E-state index in [1.165, 1.54) is 30.5 Å². The second-order valence-corrected chi connectivity index (χ2v) is 10.9. The molecule has 0 spiro atoms. The van der Waals surface area contributed by atoms with Gasteiger partial charge in [-0.3, -0.25) is 4.72 Å². The van der Waals surface area contributed by atoms with E-state index in [2.05, 4.69) is 9.82 Å². The lowest BCUT2D eigenvalue weighted by molar-refractivity contribution is 0.320. The average Bonchev–Trinajstić information content (AvgIpc) is 3.37. The van der Waals surface area contributed by atoms with Crippen LogP contribution in [0.4, 0.5) is 5.69 Å². The average molecular weight is 480 g/mol. The van der Waals surface area contributed by atoms with Gasteiger partial charge in [0.05, 0.1) is 23.1 Å². The number of halogens is 1. The fraction of sp³-hybridized carbons (Fsp3) is 0.150. The smallest absolute Gasteiger partial charge is 0.279 e. The second-order valence-electron chi connectivity index (χ2n) is 6.97. The SMILES string of the molecule is CS(=O)(=O)Nc1cccc(C2=NN(S(=O)(=O)c3ccc(Cl)cc3)C(c3ccco3)C2)c1. The number of anilines is 1. The van der Waals surface area contributed by atoms with Crippen molar-refractivity contribution in [3.63, 3.8) is 0 Å². The van der Waals surface area contributed by atoms with E-state index in [-0.39, 0.29) is 11.3 Å². The summed E-state index contributed by atoms with van der Waals surface area (Å²) in [4.78, 5) is 0.0472. The quantitative estimate of drug-likeness (QED) is 0.577. The summed E-state index contributed by atoms with van der Waals surface area (Å²) in [6.45, 7) is 0. The first kappa shape index (κ1) is 21.4. The Labute approximate surface area is 185 Å². The van der Waals surface area contributed by atoms with E-state index in [0.717, 1.165) is 10.7 Å².